The van der Waals surface area contributed by atoms with Crippen molar-refractivity contribution >= 4 is 11.4 Å². The van der Waals surface area contributed by atoms with Crippen molar-refractivity contribution in [1.29, 1.82) is 0 Å². The summed E-state index contributed by atoms with van der Waals surface area (Å²) in [5.41, 5.74) is 2.84. The quantitative estimate of drug-likeness (QED) is 0.911. The molecular weight excluding hydrogens is 246 g/mol. The van der Waals surface area contributed by atoms with E-state index in [1.54, 1.807) is 0 Å². The summed E-state index contributed by atoms with van der Waals surface area (Å²) in [6, 6.07) is 9.55. The lowest BCUT2D eigenvalue weighted by atomic mass is 9.92. The molecule has 1 aromatic rings. The van der Waals surface area contributed by atoms with Crippen molar-refractivity contribution in [2.24, 2.45) is 0 Å². The third-order valence-electron chi connectivity index (χ3n) is 4.67. The van der Waals surface area contributed by atoms with E-state index in [4.69, 9.17) is 0 Å². The highest BCUT2D eigenvalue weighted by atomic mass is 15.3. The average Bonchev–Trinajstić information content (AvgIpc) is 2.47. The smallest absolute Gasteiger partial charge is 0.0412 e. The summed E-state index contributed by atoms with van der Waals surface area (Å²) in [6.07, 6.45) is 2.35. The van der Waals surface area contributed by atoms with Gasteiger partial charge in [0.15, 0.2) is 0 Å². The number of rotatable bonds is 4. The van der Waals surface area contributed by atoms with Crippen molar-refractivity contribution in [3.8, 4) is 0 Å². The van der Waals surface area contributed by atoms with Crippen molar-refractivity contribution in [2.45, 2.75) is 45.2 Å². The number of hydrogen-bond acceptors (Lipinski definition) is 3. The molecule has 1 aliphatic rings. The van der Waals surface area contributed by atoms with E-state index in [0.717, 1.165) is 19.5 Å². The van der Waals surface area contributed by atoms with Gasteiger partial charge < -0.3 is 15.1 Å². The molecule has 3 heteroatoms. The van der Waals surface area contributed by atoms with Gasteiger partial charge in [0.05, 0.1) is 0 Å². The molecule has 0 amide bonds. The summed E-state index contributed by atoms with van der Waals surface area (Å²) in [5.74, 6) is 0. The van der Waals surface area contributed by atoms with Gasteiger partial charge in [0.25, 0.3) is 0 Å². The predicted molar refractivity (Wildman–Crippen MR) is 88.9 cm³/mol. The van der Waals surface area contributed by atoms with Gasteiger partial charge in [-0.3, -0.25) is 0 Å². The summed E-state index contributed by atoms with van der Waals surface area (Å²) in [7, 11) is 4.17. The van der Waals surface area contributed by atoms with Crippen LogP contribution in [0, 0.1) is 0 Å². The molecule has 2 atom stereocenters. The summed E-state index contributed by atoms with van der Waals surface area (Å²) in [5, 5.41) is 3.73. The monoisotopic (exact) mass is 275 g/mol. The molecule has 1 heterocycles. The van der Waals surface area contributed by atoms with Gasteiger partial charge in [0.2, 0.25) is 0 Å². The maximum absolute atomic E-state index is 3.73. The summed E-state index contributed by atoms with van der Waals surface area (Å²) in [6.45, 7) is 9.05. The molecule has 20 heavy (non-hydrogen) atoms. The Morgan fingerprint density at radius 1 is 1.25 bits per heavy atom. The minimum atomic E-state index is 0.228. The van der Waals surface area contributed by atoms with E-state index in [1.807, 2.05) is 0 Å². The van der Waals surface area contributed by atoms with Crippen LogP contribution in [0.1, 0.15) is 33.6 Å². The van der Waals surface area contributed by atoms with Crippen LogP contribution in [0.15, 0.2) is 24.3 Å². The number of benzene rings is 1. The first-order valence-electron chi connectivity index (χ1n) is 7.78. The second kappa shape index (κ2) is 6.04. The SMILES string of the molecule is CCC1CNC(C)(CC)CN1c1ccc(N(C)C)cc1. The second-order valence-corrected chi connectivity index (χ2v) is 6.40. The molecule has 3 nitrogen and oxygen atoms in total. The Morgan fingerprint density at radius 3 is 2.40 bits per heavy atom. The largest absolute Gasteiger partial charge is 0.378 e. The molecule has 2 rings (SSSR count). The van der Waals surface area contributed by atoms with Gasteiger partial charge in [0, 0.05) is 50.1 Å². The highest BCUT2D eigenvalue weighted by Gasteiger charge is 2.33. The van der Waals surface area contributed by atoms with Crippen LogP contribution >= 0.6 is 0 Å². The zero-order valence-corrected chi connectivity index (χ0v) is 13.6. The van der Waals surface area contributed by atoms with Crippen molar-refractivity contribution in [3.63, 3.8) is 0 Å². The molecule has 112 valence electrons. The third-order valence-corrected chi connectivity index (χ3v) is 4.67. The fourth-order valence-corrected chi connectivity index (χ4v) is 2.88. The summed E-state index contributed by atoms with van der Waals surface area (Å²) in [4.78, 5) is 4.73. The molecule has 0 aliphatic carbocycles. The maximum atomic E-state index is 3.73. The zero-order chi connectivity index (χ0) is 14.8. The topological polar surface area (TPSA) is 18.5 Å². The van der Waals surface area contributed by atoms with Gasteiger partial charge in [-0.1, -0.05) is 13.8 Å². The van der Waals surface area contributed by atoms with Crippen LogP contribution in [0.2, 0.25) is 0 Å². The van der Waals surface area contributed by atoms with Crippen LogP contribution in [-0.2, 0) is 0 Å². The fourth-order valence-electron chi connectivity index (χ4n) is 2.88. The van der Waals surface area contributed by atoms with Crippen LogP contribution in [0.4, 0.5) is 11.4 Å². The van der Waals surface area contributed by atoms with Crippen molar-refractivity contribution in [3.05, 3.63) is 24.3 Å². The Bertz CT molecular complexity index is 426. The lowest BCUT2D eigenvalue weighted by Crippen LogP contribution is -2.62. The van der Waals surface area contributed by atoms with E-state index in [0.29, 0.717) is 6.04 Å². The average molecular weight is 275 g/mol. The Kier molecular flexibility index (Phi) is 4.59. The first-order chi connectivity index (χ1) is 9.49. The molecule has 1 fully saturated rings. The molecule has 0 aromatic heterocycles. The number of nitrogens with zero attached hydrogens (tertiary/aromatic N) is 2. The molecule has 1 N–H and O–H groups in total. The Labute approximate surface area is 124 Å². The van der Waals surface area contributed by atoms with E-state index in [-0.39, 0.29) is 5.54 Å². The lowest BCUT2D eigenvalue weighted by molar-refractivity contribution is 0.276. The Hall–Kier alpha value is -1.22. The molecule has 0 bridgehead atoms. The van der Waals surface area contributed by atoms with Gasteiger partial charge in [-0.05, 0) is 44.0 Å². The first-order valence-corrected chi connectivity index (χ1v) is 7.78. The number of hydrogen-bond donors (Lipinski definition) is 1. The fraction of sp³-hybridized carbons (Fsp3) is 0.647. The Morgan fingerprint density at radius 2 is 1.90 bits per heavy atom. The molecule has 1 aliphatic heterocycles. The van der Waals surface area contributed by atoms with Crippen LogP contribution in [0.5, 0.6) is 0 Å². The van der Waals surface area contributed by atoms with Crippen LogP contribution in [-0.4, -0.2) is 38.8 Å². The first kappa shape index (κ1) is 15.2. The lowest BCUT2D eigenvalue weighted by Gasteiger charge is -2.47. The Balaban J connectivity index is 2.22. The highest BCUT2D eigenvalue weighted by Crippen LogP contribution is 2.28. The number of piperazine rings is 1. The molecular formula is C17H29N3. The highest BCUT2D eigenvalue weighted by molar-refractivity contribution is 5.57. The normalized spacial score (nSPS) is 26.6. The van der Waals surface area contributed by atoms with Crippen LogP contribution in [0.3, 0.4) is 0 Å². The number of anilines is 2. The standard InChI is InChI=1S/C17H29N3/c1-6-14-12-18-17(3,7-2)13-20(14)16-10-8-15(9-11-16)19(4)5/h8-11,14,18H,6-7,12-13H2,1-5H3. The minimum absolute atomic E-state index is 0.228. The van der Waals surface area contributed by atoms with Gasteiger partial charge in [-0.25, -0.2) is 0 Å². The third kappa shape index (κ3) is 3.09. The van der Waals surface area contributed by atoms with Gasteiger partial charge in [-0.2, -0.15) is 0 Å². The van der Waals surface area contributed by atoms with E-state index in [2.05, 4.69) is 74.2 Å². The molecule has 0 saturated carbocycles. The molecule has 1 aromatic carbocycles. The number of nitrogens with one attached hydrogen (secondary N) is 1. The molecule has 0 radical (unpaired) electrons. The minimum Gasteiger partial charge on any atom is -0.378 e. The van der Waals surface area contributed by atoms with E-state index < -0.39 is 0 Å². The van der Waals surface area contributed by atoms with Crippen molar-refractivity contribution in [1.82, 2.24) is 5.32 Å². The second-order valence-electron chi connectivity index (χ2n) is 6.40. The van der Waals surface area contributed by atoms with Gasteiger partial charge in [-0.15, -0.1) is 0 Å². The van der Waals surface area contributed by atoms with Crippen LogP contribution < -0.4 is 15.1 Å². The van der Waals surface area contributed by atoms with E-state index in [1.165, 1.54) is 17.8 Å². The summed E-state index contributed by atoms with van der Waals surface area (Å²) >= 11 is 0. The van der Waals surface area contributed by atoms with E-state index >= 15 is 0 Å². The molecule has 0 spiro atoms. The summed E-state index contributed by atoms with van der Waals surface area (Å²) < 4.78 is 0. The molecule has 2 unspecified atom stereocenters. The van der Waals surface area contributed by atoms with Crippen molar-refractivity contribution < 1.29 is 0 Å². The van der Waals surface area contributed by atoms with E-state index in [9.17, 15) is 0 Å². The van der Waals surface area contributed by atoms with Gasteiger partial charge in [0.1, 0.15) is 0 Å². The van der Waals surface area contributed by atoms with Crippen LogP contribution in [0.25, 0.3) is 0 Å². The zero-order valence-electron chi connectivity index (χ0n) is 13.6. The van der Waals surface area contributed by atoms with Gasteiger partial charge >= 0.3 is 0 Å². The maximum Gasteiger partial charge on any atom is 0.0412 e. The predicted octanol–water partition coefficient (Wildman–Crippen LogP) is 3.11. The molecule has 1 saturated heterocycles. The van der Waals surface area contributed by atoms with Crippen molar-refractivity contribution in [2.75, 3.05) is 37.0 Å².